The molecule has 0 radical (unpaired) electrons. The summed E-state index contributed by atoms with van der Waals surface area (Å²) in [5.74, 6) is 0.275. The molecule has 0 heterocycles. The van der Waals surface area contributed by atoms with Gasteiger partial charge >= 0.3 is 0 Å². The highest BCUT2D eigenvalue weighted by atomic mass is 16.2. The van der Waals surface area contributed by atoms with Crippen molar-refractivity contribution in [2.24, 2.45) is 0 Å². The largest absolute Gasteiger partial charge is 0.359 e. The maximum Gasteiger partial charge on any atom is 0.222 e. The van der Waals surface area contributed by atoms with Crippen molar-refractivity contribution in [1.82, 2.24) is 10.2 Å². The highest BCUT2D eigenvalue weighted by molar-refractivity contribution is 5.76. The summed E-state index contributed by atoms with van der Waals surface area (Å²) in [6.07, 6.45) is 24.6. The second kappa shape index (κ2) is 22.6. The molecule has 0 spiro atoms. The van der Waals surface area contributed by atoms with Crippen LogP contribution in [-0.4, -0.2) is 37.4 Å². The van der Waals surface area contributed by atoms with Crippen LogP contribution in [0.2, 0.25) is 0 Å². The Bertz CT molecular complexity index is 398. The molecule has 0 saturated carbocycles. The predicted molar refractivity (Wildman–Crippen MR) is 130 cm³/mol. The number of carbonyl (C=O) groups excluding carboxylic acids is 2. The first kappa shape index (κ1) is 28.9. The molecule has 0 atom stereocenters. The van der Waals surface area contributed by atoms with Crippen LogP contribution in [-0.2, 0) is 9.59 Å². The van der Waals surface area contributed by atoms with Crippen LogP contribution >= 0.6 is 0 Å². The van der Waals surface area contributed by atoms with Crippen LogP contribution in [0.4, 0.5) is 0 Å². The molecule has 0 aromatic carbocycles. The van der Waals surface area contributed by atoms with E-state index in [2.05, 4.69) is 12.2 Å². The van der Waals surface area contributed by atoms with Gasteiger partial charge in [-0.1, -0.05) is 103 Å². The van der Waals surface area contributed by atoms with Gasteiger partial charge < -0.3 is 10.2 Å². The van der Waals surface area contributed by atoms with E-state index in [4.69, 9.17) is 0 Å². The van der Waals surface area contributed by atoms with E-state index in [0.717, 1.165) is 25.8 Å². The molecule has 4 nitrogen and oxygen atoms in total. The summed E-state index contributed by atoms with van der Waals surface area (Å²) < 4.78 is 0. The van der Waals surface area contributed by atoms with Gasteiger partial charge in [-0.25, -0.2) is 0 Å². The molecule has 178 valence electrons. The van der Waals surface area contributed by atoms with E-state index in [0.29, 0.717) is 12.8 Å². The Kier molecular flexibility index (Phi) is 21.8. The molecule has 0 bridgehead atoms. The number of carbonyl (C=O) groups is 2. The van der Waals surface area contributed by atoms with Gasteiger partial charge in [-0.15, -0.1) is 0 Å². The standard InChI is InChI=1S/C26H52N2O2/c1-4-5-6-7-8-9-10-11-12-13-14-15-16-17-18-21-24-28(3)26(30)23-20-19-22-25(29)27-2/h4-24H2,1-3H3,(H,27,29). The first-order valence-corrected chi connectivity index (χ1v) is 13.1. The Morgan fingerprint density at radius 3 is 1.43 bits per heavy atom. The summed E-state index contributed by atoms with van der Waals surface area (Å²) in [6.45, 7) is 3.15. The van der Waals surface area contributed by atoms with Crippen molar-refractivity contribution in [1.29, 1.82) is 0 Å². The Morgan fingerprint density at radius 1 is 0.600 bits per heavy atom. The first-order valence-electron chi connectivity index (χ1n) is 13.1. The summed E-state index contributed by atoms with van der Waals surface area (Å²) >= 11 is 0. The van der Waals surface area contributed by atoms with E-state index in [1.165, 1.54) is 96.3 Å². The van der Waals surface area contributed by atoms with E-state index in [-0.39, 0.29) is 11.8 Å². The molecule has 0 aliphatic rings. The number of hydrogen-bond acceptors (Lipinski definition) is 2. The lowest BCUT2D eigenvalue weighted by molar-refractivity contribution is -0.130. The maximum atomic E-state index is 12.1. The fourth-order valence-electron chi connectivity index (χ4n) is 3.90. The average molecular weight is 425 g/mol. The zero-order valence-electron chi connectivity index (χ0n) is 20.6. The molecule has 2 amide bonds. The minimum absolute atomic E-state index is 0.0592. The third-order valence-electron chi connectivity index (χ3n) is 6.10. The molecule has 0 fully saturated rings. The van der Waals surface area contributed by atoms with Crippen LogP contribution in [0, 0.1) is 0 Å². The SMILES string of the molecule is CCCCCCCCCCCCCCCCCCN(C)C(=O)CCCCC(=O)NC. The Balaban J connectivity index is 3.29. The summed E-state index contributed by atoms with van der Waals surface area (Å²) in [5.41, 5.74) is 0. The Hall–Kier alpha value is -1.06. The summed E-state index contributed by atoms with van der Waals surface area (Å²) in [5, 5.41) is 2.61. The highest BCUT2D eigenvalue weighted by Crippen LogP contribution is 2.14. The summed E-state index contributed by atoms with van der Waals surface area (Å²) in [7, 11) is 3.56. The third kappa shape index (κ3) is 20.2. The summed E-state index contributed by atoms with van der Waals surface area (Å²) in [6, 6.07) is 0. The van der Waals surface area contributed by atoms with Crippen LogP contribution in [0.3, 0.4) is 0 Å². The van der Waals surface area contributed by atoms with E-state index in [9.17, 15) is 9.59 Å². The van der Waals surface area contributed by atoms with Crippen molar-refractivity contribution >= 4 is 11.8 Å². The molecule has 0 rings (SSSR count). The lowest BCUT2D eigenvalue weighted by Crippen LogP contribution is -2.27. The van der Waals surface area contributed by atoms with E-state index in [1.807, 2.05) is 11.9 Å². The number of rotatable bonds is 22. The second-order valence-electron chi connectivity index (χ2n) is 9.00. The number of hydrogen-bond donors (Lipinski definition) is 1. The minimum Gasteiger partial charge on any atom is -0.359 e. The van der Waals surface area contributed by atoms with Crippen LogP contribution in [0.1, 0.15) is 135 Å². The van der Waals surface area contributed by atoms with Gasteiger partial charge in [0.15, 0.2) is 0 Å². The molecule has 0 aromatic rings. The monoisotopic (exact) mass is 424 g/mol. The van der Waals surface area contributed by atoms with Crippen molar-refractivity contribution in [3.8, 4) is 0 Å². The van der Waals surface area contributed by atoms with Crippen LogP contribution in [0.5, 0.6) is 0 Å². The molecular weight excluding hydrogens is 372 g/mol. The third-order valence-corrected chi connectivity index (χ3v) is 6.10. The van der Waals surface area contributed by atoms with Gasteiger partial charge in [-0.05, 0) is 19.3 Å². The predicted octanol–water partition coefficient (Wildman–Crippen LogP) is 7.01. The Labute approximate surface area is 187 Å². The molecule has 0 saturated heterocycles. The zero-order valence-corrected chi connectivity index (χ0v) is 20.6. The van der Waals surface area contributed by atoms with E-state index >= 15 is 0 Å². The lowest BCUT2D eigenvalue weighted by atomic mass is 10.0. The van der Waals surface area contributed by atoms with Crippen LogP contribution in [0.15, 0.2) is 0 Å². The molecular formula is C26H52N2O2. The van der Waals surface area contributed by atoms with Gasteiger partial charge in [-0.2, -0.15) is 0 Å². The topological polar surface area (TPSA) is 49.4 Å². The van der Waals surface area contributed by atoms with Gasteiger partial charge in [0.2, 0.25) is 11.8 Å². The molecule has 1 N–H and O–H groups in total. The second-order valence-corrected chi connectivity index (χ2v) is 9.00. The smallest absolute Gasteiger partial charge is 0.222 e. The average Bonchev–Trinajstić information content (AvgIpc) is 2.75. The van der Waals surface area contributed by atoms with Crippen LogP contribution in [0.25, 0.3) is 0 Å². The number of amides is 2. The molecule has 4 heteroatoms. The van der Waals surface area contributed by atoms with Crippen molar-refractivity contribution in [2.45, 2.75) is 135 Å². The molecule has 0 aliphatic carbocycles. The number of nitrogens with zero attached hydrogens (tertiary/aromatic N) is 1. The fraction of sp³-hybridized carbons (Fsp3) is 0.923. The van der Waals surface area contributed by atoms with Crippen molar-refractivity contribution < 1.29 is 9.59 Å². The van der Waals surface area contributed by atoms with Crippen molar-refractivity contribution in [3.05, 3.63) is 0 Å². The Morgan fingerprint density at radius 2 is 1.00 bits per heavy atom. The van der Waals surface area contributed by atoms with E-state index < -0.39 is 0 Å². The van der Waals surface area contributed by atoms with Crippen molar-refractivity contribution in [3.63, 3.8) is 0 Å². The first-order chi connectivity index (χ1) is 14.6. The van der Waals surface area contributed by atoms with Gasteiger partial charge in [0, 0.05) is 33.5 Å². The zero-order chi connectivity index (χ0) is 22.3. The lowest BCUT2D eigenvalue weighted by Gasteiger charge is -2.17. The molecule has 0 unspecified atom stereocenters. The molecule has 30 heavy (non-hydrogen) atoms. The van der Waals surface area contributed by atoms with Gasteiger partial charge in [0.25, 0.3) is 0 Å². The highest BCUT2D eigenvalue weighted by Gasteiger charge is 2.08. The van der Waals surface area contributed by atoms with Gasteiger partial charge in [-0.3, -0.25) is 9.59 Å². The minimum atomic E-state index is 0.0592. The normalized spacial score (nSPS) is 10.9. The molecule has 0 aromatic heterocycles. The summed E-state index contributed by atoms with van der Waals surface area (Å²) in [4.78, 5) is 25.1. The maximum absolute atomic E-state index is 12.1. The molecule has 0 aliphatic heterocycles. The van der Waals surface area contributed by atoms with E-state index in [1.54, 1.807) is 7.05 Å². The van der Waals surface area contributed by atoms with Gasteiger partial charge in [0.1, 0.15) is 0 Å². The quantitative estimate of drug-likeness (QED) is 0.190. The van der Waals surface area contributed by atoms with Crippen LogP contribution < -0.4 is 5.32 Å². The number of nitrogens with one attached hydrogen (secondary N) is 1. The van der Waals surface area contributed by atoms with Crippen molar-refractivity contribution in [2.75, 3.05) is 20.6 Å². The van der Waals surface area contributed by atoms with Gasteiger partial charge in [0.05, 0.1) is 0 Å². The number of unbranched alkanes of at least 4 members (excludes halogenated alkanes) is 16. The fourth-order valence-corrected chi connectivity index (χ4v) is 3.90.